The van der Waals surface area contributed by atoms with E-state index in [4.69, 9.17) is 18.2 Å². The molecule has 0 saturated carbocycles. The van der Waals surface area contributed by atoms with E-state index in [2.05, 4.69) is 133 Å². The van der Waals surface area contributed by atoms with E-state index in [-0.39, 0.29) is 5.92 Å². The Bertz CT molecular complexity index is 3140. The first-order chi connectivity index (χ1) is 26.2. The quantitative estimate of drug-likeness (QED) is 0.175. The maximum absolute atomic E-state index is 6.59. The van der Waals surface area contributed by atoms with Crippen LogP contribution in [0, 0.1) is 0 Å². The van der Waals surface area contributed by atoms with Crippen LogP contribution in [-0.4, -0.2) is 4.98 Å². The lowest BCUT2D eigenvalue weighted by atomic mass is 9.84. The van der Waals surface area contributed by atoms with Crippen LogP contribution in [0.15, 0.2) is 183 Å². The third-order valence-corrected chi connectivity index (χ3v) is 10.8. The molecule has 0 aliphatic heterocycles. The van der Waals surface area contributed by atoms with Crippen LogP contribution in [0.25, 0.3) is 88.3 Å². The molecule has 4 nitrogen and oxygen atoms in total. The minimum atomic E-state index is 0.0391. The van der Waals surface area contributed by atoms with Gasteiger partial charge in [-0.3, -0.25) is 0 Å². The highest BCUT2D eigenvalue weighted by molar-refractivity contribution is 6.16. The number of hydrogen-bond donors (Lipinski definition) is 0. The van der Waals surface area contributed by atoms with Gasteiger partial charge in [0.05, 0.1) is 5.39 Å². The number of hydrogen-bond acceptors (Lipinski definition) is 4. The number of rotatable bonds is 6. The maximum Gasteiger partial charge on any atom is 0.227 e. The zero-order chi connectivity index (χ0) is 34.9. The lowest BCUT2D eigenvalue weighted by Gasteiger charge is -2.19. The van der Waals surface area contributed by atoms with Crippen molar-refractivity contribution in [2.75, 3.05) is 0 Å². The van der Waals surface area contributed by atoms with E-state index in [1.807, 2.05) is 36.4 Å². The molecule has 8 aromatic carbocycles. The normalized spacial score (nSPS) is 12.5. The number of furan rings is 2. The summed E-state index contributed by atoms with van der Waals surface area (Å²) in [6.07, 6.45) is 0.805. The van der Waals surface area contributed by atoms with Crippen molar-refractivity contribution < 1.29 is 13.3 Å². The van der Waals surface area contributed by atoms with Crippen LogP contribution < -0.4 is 0 Å². The molecule has 11 aromatic rings. The van der Waals surface area contributed by atoms with E-state index in [1.165, 1.54) is 38.6 Å². The molecular weight excluding hydrogens is 651 g/mol. The number of oxazole rings is 1. The summed E-state index contributed by atoms with van der Waals surface area (Å²) in [5, 5.41) is 6.80. The summed E-state index contributed by atoms with van der Waals surface area (Å²) in [5.74, 6) is 0.626. The number of aromatic nitrogens is 1. The van der Waals surface area contributed by atoms with Crippen molar-refractivity contribution in [2.45, 2.75) is 12.3 Å². The molecule has 0 aliphatic carbocycles. The van der Waals surface area contributed by atoms with E-state index in [0.717, 1.165) is 67.0 Å². The van der Waals surface area contributed by atoms with Crippen molar-refractivity contribution in [3.8, 4) is 22.6 Å². The first-order valence-electron chi connectivity index (χ1n) is 18.0. The SMILES string of the molecule is c1ccc2c(-c3ccc(CC(c4ccc(-c5nc6c(ccc7oc8ccccc8c76)o5)cc4)c4cccc5c4oc4ccccc45)cc3)cccc2c1. The fourth-order valence-electron chi connectivity index (χ4n) is 8.17. The van der Waals surface area contributed by atoms with Gasteiger partial charge in [0.15, 0.2) is 5.58 Å². The topological polar surface area (TPSA) is 52.3 Å². The van der Waals surface area contributed by atoms with Gasteiger partial charge in [0.1, 0.15) is 27.8 Å². The smallest absolute Gasteiger partial charge is 0.227 e. The molecule has 53 heavy (non-hydrogen) atoms. The van der Waals surface area contributed by atoms with Gasteiger partial charge in [0.25, 0.3) is 0 Å². The second-order valence-electron chi connectivity index (χ2n) is 13.8. The van der Waals surface area contributed by atoms with Crippen molar-refractivity contribution in [3.63, 3.8) is 0 Å². The van der Waals surface area contributed by atoms with Gasteiger partial charge in [0.2, 0.25) is 5.89 Å². The number of fused-ring (bicyclic) bond motifs is 9. The first kappa shape index (κ1) is 29.8. The second-order valence-corrected chi connectivity index (χ2v) is 13.8. The Hall–Kier alpha value is -6.91. The zero-order valence-corrected chi connectivity index (χ0v) is 28.6. The first-order valence-corrected chi connectivity index (χ1v) is 18.0. The summed E-state index contributed by atoms with van der Waals surface area (Å²) >= 11 is 0. The van der Waals surface area contributed by atoms with Crippen LogP contribution in [0.4, 0.5) is 0 Å². The van der Waals surface area contributed by atoms with E-state index < -0.39 is 0 Å². The molecule has 0 radical (unpaired) electrons. The fourth-order valence-corrected chi connectivity index (χ4v) is 8.17. The van der Waals surface area contributed by atoms with Crippen molar-refractivity contribution in [3.05, 3.63) is 187 Å². The lowest BCUT2D eigenvalue weighted by Crippen LogP contribution is -2.06. The van der Waals surface area contributed by atoms with Crippen LogP contribution in [-0.2, 0) is 6.42 Å². The Morgan fingerprint density at radius 3 is 1.96 bits per heavy atom. The Kier molecular flexibility index (Phi) is 6.65. The van der Waals surface area contributed by atoms with Crippen molar-refractivity contribution in [2.24, 2.45) is 0 Å². The Morgan fingerprint density at radius 1 is 0.453 bits per heavy atom. The van der Waals surface area contributed by atoms with E-state index >= 15 is 0 Å². The molecule has 250 valence electrons. The second kappa shape index (κ2) is 11.8. The minimum absolute atomic E-state index is 0.0391. The number of nitrogens with zero attached hydrogens (tertiary/aromatic N) is 1. The van der Waals surface area contributed by atoms with Gasteiger partial charge in [-0.25, -0.2) is 4.98 Å². The summed E-state index contributed by atoms with van der Waals surface area (Å²) in [5.41, 5.74) is 12.0. The predicted octanol–water partition coefficient (Wildman–Crippen LogP) is 13.5. The van der Waals surface area contributed by atoms with Gasteiger partial charge in [-0.05, 0) is 75.8 Å². The molecule has 4 heteroatoms. The molecule has 0 bridgehead atoms. The van der Waals surface area contributed by atoms with Crippen LogP contribution in [0.1, 0.15) is 22.6 Å². The van der Waals surface area contributed by atoms with Crippen molar-refractivity contribution in [1.82, 2.24) is 4.98 Å². The zero-order valence-electron chi connectivity index (χ0n) is 28.6. The van der Waals surface area contributed by atoms with Crippen LogP contribution in [0.2, 0.25) is 0 Å². The summed E-state index contributed by atoms with van der Waals surface area (Å²) in [6.45, 7) is 0. The van der Waals surface area contributed by atoms with E-state index in [9.17, 15) is 0 Å². The highest BCUT2D eigenvalue weighted by Crippen LogP contribution is 2.40. The largest absolute Gasteiger partial charge is 0.456 e. The van der Waals surface area contributed by atoms with E-state index in [0.29, 0.717) is 5.89 Å². The summed E-state index contributed by atoms with van der Waals surface area (Å²) in [4.78, 5) is 5.01. The Morgan fingerprint density at radius 2 is 1.11 bits per heavy atom. The van der Waals surface area contributed by atoms with Crippen LogP contribution in [0.3, 0.4) is 0 Å². The molecule has 0 fully saturated rings. The summed E-state index contributed by atoms with van der Waals surface area (Å²) < 4.78 is 19.1. The summed E-state index contributed by atoms with van der Waals surface area (Å²) in [6, 6.07) is 59.7. The molecule has 3 aromatic heterocycles. The minimum Gasteiger partial charge on any atom is -0.456 e. The molecule has 0 amide bonds. The number of benzene rings is 8. The maximum atomic E-state index is 6.59. The molecule has 0 spiro atoms. The predicted molar refractivity (Wildman–Crippen MR) is 215 cm³/mol. The molecule has 1 unspecified atom stereocenters. The van der Waals surface area contributed by atoms with Gasteiger partial charge in [-0.2, -0.15) is 0 Å². The third kappa shape index (κ3) is 4.87. The molecule has 1 atom stereocenters. The highest BCUT2D eigenvalue weighted by atomic mass is 16.4. The van der Waals surface area contributed by atoms with Gasteiger partial charge < -0.3 is 13.3 Å². The standard InChI is InChI=1S/C49H31NO3/c1-2-11-35-31(9-1)10-7-14-36(35)32-21-19-30(20-22-32)29-41(39-16-8-15-38-37-12-3-5-17-42(37)52-48(38)39)33-23-25-34(26-24-33)49-50-47-45(53-49)28-27-44-46(47)40-13-4-6-18-43(40)51-44/h1-28,41H,29H2. The average Bonchev–Trinajstić information content (AvgIpc) is 3.94. The monoisotopic (exact) mass is 681 g/mol. The molecule has 3 heterocycles. The molecule has 11 rings (SSSR count). The fraction of sp³-hybridized carbons (Fsp3) is 0.0408. The molecule has 0 saturated heterocycles. The lowest BCUT2D eigenvalue weighted by molar-refractivity contribution is 0.619. The van der Waals surface area contributed by atoms with Gasteiger partial charge in [0, 0.05) is 33.2 Å². The number of para-hydroxylation sites is 3. The van der Waals surface area contributed by atoms with Gasteiger partial charge in [-0.1, -0.05) is 133 Å². The molecular formula is C49H31NO3. The van der Waals surface area contributed by atoms with Gasteiger partial charge >= 0.3 is 0 Å². The summed E-state index contributed by atoms with van der Waals surface area (Å²) in [7, 11) is 0. The average molecular weight is 682 g/mol. The molecule has 0 aliphatic rings. The van der Waals surface area contributed by atoms with Crippen LogP contribution >= 0.6 is 0 Å². The van der Waals surface area contributed by atoms with Crippen molar-refractivity contribution in [1.29, 1.82) is 0 Å². The third-order valence-electron chi connectivity index (χ3n) is 10.8. The van der Waals surface area contributed by atoms with Crippen molar-refractivity contribution >= 4 is 65.7 Å². The Balaban J connectivity index is 0.997. The molecule has 0 N–H and O–H groups in total. The van der Waals surface area contributed by atoms with Gasteiger partial charge in [-0.15, -0.1) is 0 Å². The van der Waals surface area contributed by atoms with Crippen LogP contribution in [0.5, 0.6) is 0 Å². The Labute approximate surface area is 304 Å². The highest BCUT2D eigenvalue weighted by Gasteiger charge is 2.22. The van der Waals surface area contributed by atoms with E-state index in [1.54, 1.807) is 0 Å².